The van der Waals surface area contributed by atoms with E-state index < -0.39 is 5.66 Å². The molecule has 1 fully saturated rings. The van der Waals surface area contributed by atoms with Crippen LogP contribution in [0.5, 0.6) is 5.75 Å². The van der Waals surface area contributed by atoms with Crippen molar-refractivity contribution in [2.24, 2.45) is 4.99 Å². The average Bonchev–Trinajstić information content (AvgIpc) is 3.57. The van der Waals surface area contributed by atoms with E-state index in [0.717, 1.165) is 34.6 Å². The lowest BCUT2D eigenvalue weighted by Gasteiger charge is -2.47. The lowest BCUT2D eigenvalue weighted by molar-refractivity contribution is -0.00566. The van der Waals surface area contributed by atoms with Gasteiger partial charge < -0.3 is 23.5 Å². The lowest BCUT2D eigenvalue weighted by atomic mass is 9.93. The van der Waals surface area contributed by atoms with Crippen LogP contribution in [0.25, 0.3) is 0 Å². The van der Waals surface area contributed by atoms with Crippen molar-refractivity contribution < 1.29 is 18.7 Å². The maximum Gasteiger partial charge on any atom is 0.272 e. The van der Waals surface area contributed by atoms with Crippen LogP contribution in [0, 0.1) is 6.92 Å². The normalized spacial score (nSPS) is 21.1. The maximum atomic E-state index is 13.8. The molecular formula is C25H24N4O4. The van der Waals surface area contributed by atoms with E-state index in [9.17, 15) is 9.59 Å². The van der Waals surface area contributed by atoms with Crippen molar-refractivity contribution in [1.82, 2.24) is 14.4 Å². The number of carbonyl (C=O) groups is 2. The summed E-state index contributed by atoms with van der Waals surface area (Å²) in [5.41, 5.74) is 3.88. The molecular weight excluding hydrogens is 420 g/mol. The molecule has 1 aromatic carbocycles. The summed E-state index contributed by atoms with van der Waals surface area (Å²) in [4.78, 5) is 36.0. The number of carbonyl (C=O) groups excluding carboxylic acids is 2. The number of amides is 2. The number of methoxy groups -OCH3 is 1. The highest BCUT2D eigenvalue weighted by atomic mass is 16.5. The van der Waals surface area contributed by atoms with Crippen LogP contribution in [0.3, 0.4) is 0 Å². The predicted octanol–water partition coefficient (Wildman–Crippen LogP) is 3.51. The van der Waals surface area contributed by atoms with E-state index in [-0.39, 0.29) is 11.8 Å². The van der Waals surface area contributed by atoms with Gasteiger partial charge in [-0.15, -0.1) is 0 Å². The first-order valence-corrected chi connectivity index (χ1v) is 11.0. The molecule has 5 heterocycles. The van der Waals surface area contributed by atoms with Gasteiger partial charge in [-0.25, -0.2) is 4.99 Å². The van der Waals surface area contributed by atoms with Gasteiger partial charge in [0.05, 0.1) is 25.5 Å². The topological polar surface area (TPSA) is 80.3 Å². The summed E-state index contributed by atoms with van der Waals surface area (Å²) in [6.45, 7) is 5.14. The number of rotatable bonds is 3. The second-order valence-electron chi connectivity index (χ2n) is 8.92. The summed E-state index contributed by atoms with van der Waals surface area (Å²) in [6, 6.07) is 9.58. The molecule has 8 nitrogen and oxygen atoms in total. The number of hydrogen-bond acceptors (Lipinski definition) is 5. The van der Waals surface area contributed by atoms with Crippen LogP contribution in [-0.4, -0.2) is 52.1 Å². The summed E-state index contributed by atoms with van der Waals surface area (Å²) < 4.78 is 12.6. The summed E-state index contributed by atoms with van der Waals surface area (Å²) in [7, 11) is 1.62. The van der Waals surface area contributed by atoms with Crippen LogP contribution in [0.4, 0.5) is 5.82 Å². The van der Waals surface area contributed by atoms with E-state index in [0.29, 0.717) is 36.6 Å². The van der Waals surface area contributed by atoms with Gasteiger partial charge >= 0.3 is 0 Å². The molecule has 0 aliphatic carbocycles. The number of hydrogen-bond donors (Lipinski definition) is 0. The zero-order valence-electron chi connectivity index (χ0n) is 18.8. The van der Waals surface area contributed by atoms with Crippen molar-refractivity contribution in [3.63, 3.8) is 0 Å². The fourth-order valence-electron chi connectivity index (χ4n) is 5.46. The summed E-state index contributed by atoms with van der Waals surface area (Å²) in [5, 5.41) is 0. The molecule has 6 rings (SSSR count). The Kier molecular flexibility index (Phi) is 4.11. The molecule has 0 saturated carbocycles. The summed E-state index contributed by atoms with van der Waals surface area (Å²) in [6.07, 6.45) is 3.80. The molecule has 3 aliphatic rings. The molecule has 1 saturated heterocycles. The first-order chi connectivity index (χ1) is 15.9. The second-order valence-corrected chi connectivity index (χ2v) is 8.92. The Balaban J connectivity index is 1.56. The highest BCUT2D eigenvalue weighted by Gasteiger charge is 2.57. The molecule has 1 unspecified atom stereocenters. The molecule has 0 bridgehead atoms. The van der Waals surface area contributed by atoms with E-state index in [1.807, 2.05) is 58.5 Å². The molecule has 168 valence electrons. The number of aryl methyl sites for hydroxylation is 1. The number of aliphatic imine (C=N–C) groups is 1. The van der Waals surface area contributed by atoms with E-state index in [1.54, 1.807) is 13.4 Å². The SMILES string of the molecule is COc1ccc(C23Cn4c(cc5c4N=C(C)C5)C(=O)N2CCN3C(=O)c2cocc2C)cc1. The number of fused-ring (bicyclic) bond motifs is 4. The second kappa shape index (κ2) is 6.84. The smallest absolute Gasteiger partial charge is 0.272 e. The van der Waals surface area contributed by atoms with Gasteiger partial charge in [0.15, 0.2) is 5.66 Å². The molecule has 3 aliphatic heterocycles. The van der Waals surface area contributed by atoms with Crippen molar-refractivity contribution >= 4 is 23.3 Å². The highest BCUT2D eigenvalue weighted by Crippen LogP contribution is 2.47. The van der Waals surface area contributed by atoms with Crippen LogP contribution >= 0.6 is 0 Å². The van der Waals surface area contributed by atoms with Crippen molar-refractivity contribution in [2.75, 3.05) is 20.2 Å². The molecule has 3 aromatic rings. The Bertz CT molecular complexity index is 1330. The Morgan fingerprint density at radius 3 is 2.64 bits per heavy atom. The summed E-state index contributed by atoms with van der Waals surface area (Å²) >= 11 is 0. The largest absolute Gasteiger partial charge is 0.497 e. The quantitative estimate of drug-likeness (QED) is 0.619. The Hall–Kier alpha value is -3.81. The van der Waals surface area contributed by atoms with Gasteiger partial charge in [-0.2, -0.15) is 0 Å². The van der Waals surface area contributed by atoms with Crippen molar-refractivity contribution in [3.8, 4) is 5.75 Å². The lowest BCUT2D eigenvalue weighted by Crippen LogP contribution is -2.60. The monoisotopic (exact) mass is 444 g/mol. The fraction of sp³-hybridized carbons (Fsp3) is 0.320. The molecule has 0 N–H and O–H groups in total. The first-order valence-electron chi connectivity index (χ1n) is 11.0. The van der Waals surface area contributed by atoms with Crippen LogP contribution in [0.2, 0.25) is 0 Å². The molecule has 0 spiro atoms. The standard InChI is InChI=1S/C25H24N4O4/c1-15-12-33-13-20(15)23(30)28-8-9-29-24(31)21-11-17-10-16(2)26-22(17)27(21)14-25(28,29)18-4-6-19(32-3)7-5-18/h4-7,11-13H,8-10,14H2,1-3H3. The minimum Gasteiger partial charge on any atom is -0.497 e. The van der Waals surface area contributed by atoms with Gasteiger partial charge in [0.2, 0.25) is 0 Å². The third-order valence-electron chi connectivity index (χ3n) is 7.05. The van der Waals surface area contributed by atoms with Gasteiger partial charge in [-0.1, -0.05) is 12.1 Å². The summed E-state index contributed by atoms with van der Waals surface area (Å²) in [5.74, 6) is 1.30. The van der Waals surface area contributed by atoms with Gasteiger partial charge in [0.1, 0.15) is 23.5 Å². The molecule has 0 radical (unpaired) electrons. The van der Waals surface area contributed by atoms with Crippen molar-refractivity contribution in [1.29, 1.82) is 0 Å². The van der Waals surface area contributed by atoms with Crippen LogP contribution in [0.1, 0.15) is 44.5 Å². The van der Waals surface area contributed by atoms with E-state index in [4.69, 9.17) is 14.1 Å². The third-order valence-corrected chi connectivity index (χ3v) is 7.05. The molecule has 2 aromatic heterocycles. The fourth-order valence-corrected chi connectivity index (χ4v) is 5.46. The van der Waals surface area contributed by atoms with Gasteiger partial charge in [-0.3, -0.25) is 9.59 Å². The third kappa shape index (κ3) is 2.60. The van der Waals surface area contributed by atoms with Crippen molar-refractivity contribution in [3.05, 3.63) is 70.8 Å². The van der Waals surface area contributed by atoms with Crippen LogP contribution in [0.15, 0.2) is 52.3 Å². The van der Waals surface area contributed by atoms with Crippen molar-refractivity contribution in [2.45, 2.75) is 32.5 Å². The number of aromatic nitrogens is 1. The van der Waals surface area contributed by atoms with E-state index in [2.05, 4.69) is 0 Å². The number of furan rings is 1. The minimum absolute atomic E-state index is 0.0847. The molecule has 33 heavy (non-hydrogen) atoms. The highest BCUT2D eigenvalue weighted by molar-refractivity contribution is 6.01. The van der Waals surface area contributed by atoms with E-state index in [1.165, 1.54) is 6.26 Å². The zero-order chi connectivity index (χ0) is 22.9. The van der Waals surface area contributed by atoms with E-state index >= 15 is 0 Å². The number of ether oxygens (including phenoxy) is 1. The van der Waals surface area contributed by atoms with Gasteiger partial charge in [-0.05, 0) is 37.6 Å². The molecule has 8 heteroatoms. The molecule has 1 atom stereocenters. The number of nitrogens with zero attached hydrogens (tertiary/aromatic N) is 4. The van der Waals surface area contributed by atoms with Gasteiger partial charge in [0, 0.05) is 36.3 Å². The zero-order valence-corrected chi connectivity index (χ0v) is 18.8. The van der Waals surface area contributed by atoms with Crippen LogP contribution in [-0.2, 0) is 18.6 Å². The number of benzene rings is 1. The van der Waals surface area contributed by atoms with Crippen LogP contribution < -0.4 is 4.74 Å². The average molecular weight is 444 g/mol. The van der Waals surface area contributed by atoms with Gasteiger partial charge in [0.25, 0.3) is 11.8 Å². The Morgan fingerprint density at radius 2 is 1.94 bits per heavy atom. The first kappa shape index (κ1) is 19.8. The Labute approximate surface area is 191 Å². The Morgan fingerprint density at radius 1 is 1.15 bits per heavy atom. The minimum atomic E-state index is -0.976. The maximum absolute atomic E-state index is 13.8. The predicted molar refractivity (Wildman–Crippen MR) is 121 cm³/mol. The molecule has 2 amide bonds.